The molecule has 0 aromatic carbocycles. The van der Waals surface area contributed by atoms with E-state index < -0.39 is 6.10 Å². The second-order valence-electron chi connectivity index (χ2n) is 2.58. The van der Waals surface area contributed by atoms with E-state index in [-0.39, 0.29) is 0 Å². The molecule has 0 radical (unpaired) electrons. The van der Waals surface area contributed by atoms with Crippen molar-refractivity contribution in [2.45, 2.75) is 26.4 Å². The quantitative estimate of drug-likeness (QED) is 0.678. The minimum atomic E-state index is -0.517. The van der Waals surface area contributed by atoms with Gasteiger partial charge in [-0.3, -0.25) is 0 Å². The van der Waals surface area contributed by atoms with E-state index in [1.165, 1.54) is 0 Å². The molecule has 1 unspecified atom stereocenters. The minimum absolute atomic E-state index is 0.469. The van der Waals surface area contributed by atoms with Crippen LogP contribution in [0.2, 0.25) is 0 Å². The molecule has 1 aromatic rings. The van der Waals surface area contributed by atoms with E-state index in [1.807, 2.05) is 6.92 Å². The van der Waals surface area contributed by atoms with Crippen LogP contribution >= 0.6 is 0 Å². The Bertz CT molecular complexity index is 301. The smallest absolute Gasteiger partial charge is 0.106 e. The molecule has 0 aliphatic heterocycles. The highest BCUT2D eigenvalue weighted by Gasteiger charge is 2.10. The van der Waals surface area contributed by atoms with Crippen molar-refractivity contribution >= 4 is 0 Å². The Balaban J connectivity index is 2.68. The normalized spacial score (nSPS) is 11.9. The van der Waals surface area contributed by atoms with Gasteiger partial charge >= 0.3 is 0 Å². The lowest BCUT2D eigenvalue weighted by molar-refractivity contribution is 0.182. The molecule has 0 saturated carbocycles. The molecule has 0 aliphatic rings. The van der Waals surface area contributed by atoms with Gasteiger partial charge in [0.15, 0.2) is 0 Å². The molecule has 2 nitrogen and oxygen atoms in total. The average Bonchev–Trinajstić information content (AvgIpc) is 2.47. The first-order chi connectivity index (χ1) is 5.75. The Labute approximate surface area is 72.2 Å². The van der Waals surface area contributed by atoms with E-state index in [0.717, 1.165) is 11.3 Å². The van der Waals surface area contributed by atoms with Gasteiger partial charge in [-0.05, 0) is 19.9 Å². The maximum absolute atomic E-state index is 9.56. The Morgan fingerprint density at radius 3 is 2.92 bits per heavy atom. The lowest BCUT2D eigenvalue weighted by Gasteiger charge is -2.03. The Kier molecular flexibility index (Phi) is 2.95. The van der Waals surface area contributed by atoms with Crippen LogP contribution in [0.3, 0.4) is 0 Å². The summed E-state index contributed by atoms with van der Waals surface area (Å²) < 4.78 is 5.06. The molecule has 0 aliphatic carbocycles. The summed E-state index contributed by atoms with van der Waals surface area (Å²) in [6.45, 7) is 3.59. The van der Waals surface area contributed by atoms with Gasteiger partial charge in [0, 0.05) is 12.0 Å². The van der Waals surface area contributed by atoms with Crippen molar-refractivity contribution < 1.29 is 9.52 Å². The Hall–Kier alpha value is -1.20. The third-order valence-electron chi connectivity index (χ3n) is 1.73. The van der Waals surface area contributed by atoms with Gasteiger partial charge in [0.1, 0.15) is 5.76 Å². The lowest BCUT2D eigenvalue weighted by atomic mass is 10.1. The maximum Gasteiger partial charge on any atom is 0.106 e. The molecule has 64 valence electrons. The van der Waals surface area contributed by atoms with Crippen LogP contribution in [-0.4, -0.2) is 5.11 Å². The SMILES string of the molecule is CC#CCC(O)c1ccoc1C. The fourth-order valence-corrected chi connectivity index (χ4v) is 1.05. The van der Waals surface area contributed by atoms with Gasteiger partial charge in [0.05, 0.1) is 12.4 Å². The van der Waals surface area contributed by atoms with Crippen molar-refractivity contribution in [3.63, 3.8) is 0 Å². The number of furan rings is 1. The summed E-state index contributed by atoms with van der Waals surface area (Å²) in [7, 11) is 0. The summed E-state index contributed by atoms with van der Waals surface area (Å²) in [5.41, 5.74) is 0.831. The van der Waals surface area contributed by atoms with E-state index in [4.69, 9.17) is 4.42 Å². The molecule has 1 rings (SSSR count). The lowest BCUT2D eigenvalue weighted by Crippen LogP contribution is -1.95. The highest BCUT2D eigenvalue weighted by atomic mass is 16.3. The third kappa shape index (κ3) is 1.90. The summed E-state index contributed by atoms with van der Waals surface area (Å²) >= 11 is 0. The molecule has 1 heterocycles. The number of aliphatic hydroxyl groups excluding tert-OH is 1. The van der Waals surface area contributed by atoms with Gasteiger partial charge < -0.3 is 9.52 Å². The van der Waals surface area contributed by atoms with E-state index in [1.54, 1.807) is 19.3 Å². The molecule has 0 amide bonds. The van der Waals surface area contributed by atoms with E-state index in [0.29, 0.717) is 6.42 Å². The first-order valence-electron chi connectivity index (χ1n) is 3.87. The highest BCUT2D eigenvalue weighted by molar-refractivity contribution is 5.20. The van der Waals surface area contributed by atoms with Crippen molar-refractivity contribution in [2.24, 2.45) is 0 Å². The van der Waals surface area contributed by atoms with Gasteiger partial charge in [0.2, 0.25) is 0 Å². The summed E-state index contributed by atoms with van der Waals surface area (Å²) in [6, 6.07) is 1.78. The summed E-state index contributed by atoms with van der Waals surface area (Å²) in [4.78, 5) is 0. The predicted octanol–water partition coefficient (Wildman–Crippen LogP) is 2.03. The number of hydrogen-bond donors (Lipinski definition) is 1. The van der Waals surface area contributed by atoms with Crippen LogP contribution in [0, 0.1) is 18.8 Å². The molecule has 1 atom stereocenters. The number of aliphatic hydroxyl groups is 1. The van der Waals surface area contributed by atoms with Gasteiger partial charge in [-0.25, -0.2) is 0 Å². The summed E-state index contributed by atoms with van der Waals surface area (Å²) in [5.74, 6) is 6.33. The van der Waals surface area contributed by atoms with Gasteiger partial charge in [-0.15, -0.1) is 11.8 Å². The second-order valence-corrected chi connectivity index (χ2v) is 2.58. The third-order valence-corrected chi connectivity index (χ3v) is 1.73. The molecule has 2 heteroatoms. The van der Waals surface area contributed by atoms with Crippen LogP contribution in [0.1, 0.15) is 30.8 Å². The van der Waals surface area contributed by atoms with E-state index in [2.05, 4.69) is 11.8 Å². The number of rotatable bonds is 2. The minimum Gasteiger partial charge on any atom is -0.469 e. The first-order valence-corrected chi connectivity index (χ1v) is 3.87. The largest absolute Gasteiger partial charge is 0.469 e. The molecule has 1 aromatic heterocycles. The molecular weight excluding hydrogens is 152 g/mol. The molecule has 1 N–H and O–H groups in total. The number of aryl methyl sites for hydroxylation is 1. The first kappa shape index (κ1) is 8.89. The van der Waals surface area contributed by atoms with Crippen molar-refractivity contribution in [1.29, 1.82) is 0 Å². The van der Waals surface area contributed by atoms with E-state index in [9.17, 15) is 5.11 Å². The van der Waals surface area contributed by atoms with E-state index >= 15 is 0 Å². The van der Waals surface area contributed by atoms with Gasteiger partial charge in [0.25, 0.3) is 0 Å². The molecular formula is C10H12O2. The molecule has 0 fully saturated rings. The zero-order valence-electron chi connectivity index (χ0n) is 7.29. The zero-order chi connectivity index (χ0) is 8.97. The summed E-state index contributed by atoms with van der Waals surface area (Å²) in [5, 5.41) is 9.56. The highest BCUT2D eigenvalue weighted by Crippen LogP contribution is 2.20. The van der Waals surface area contributed by atoms with Crippen molar-refractivity contribution in [3.8, 4) is 11.8 Å². The number of hydrogen-bond acceptors (Lipinski definition) is 2. The predicted molar refractivity (Wildman–Crippen MR) is 46.5 cm³/mol. The van der Waals surface area contributed by atoms with Crippen molar-refractivity contribution in [1.82, 2.24) is 0 Å². The standard InChI is InChI=1S/C10H12O2/c1-3-4-5-10(11)9-6-7-12-8(9)2/h6-7,10-11H,5H2,1-2H3. The second kappa shape index (κ2) is 3.99. The Morgan fingerprint density at radius 2 is 2.42 bits per heavy atom. The van der Waals surface area contributed by atoms with Gasteiger partial charge in [-0.1, -0.05) is 0 Å². The van der Waals surface area contributed by atoms with Crippen LogP contribution < -0.4 is 0 Å². The van der Waals surface area contributed by atoms with Gasteiger partial charge in [-0.2, -0.15) is 0 Å². The molecule has 12 heavy (non-hydrogen) atoms. The maximum atomic E-state index is 9.56. The fourth-order valence-electron chi connectivity index (χ4n) is 1.05. The van der Waals surface area contributed by atoms with Crippen LogP contribution in [-0.2, 0) is 0 Å². The van der Waals surface area contributed by atoms with Crippen LogP contribution in [0.5, 0.6) is 0 Å². The average molecular weight is 164 g/mol. The molecule has 0 bridgehead atoms. The summed E-state index contributed by atoms with van der Waals surface area (Å²) in [6.07, 6.45) is 1.53. The monoisotopic (exact) mass is 164 g/mol. The van der Waals surface area contributed by atoms with Crippen molar-refractivity contribution in [2.75, 3.05) is 0 Å². The van der Waals surface area contributed by atoms with Crippen LogP contribution in [0.25, 0.3) is 0 Å². The van der Waals surface area contributed by atoms with Crippen LogP contribution in [0.15, 0.2) is 16.7 Å². The van der Waals surface area contributed by atoms with Crippen molar-refractivity contribution in [3.05, 3.63) is 23.7 Å². The topological polar surface area (TPSA) is 33.4 Å². The zero-order valence-corrected chi connectivity index (χ0v) is 7.29. The Morgan fingerprint density at radius 1 is 1.67 bits per heavy atom. The fraction of sp³-hybridized carbons (Fsp3) is 0.400. The van der Waals surface area contributed by atoms with Crippen LogP contribution in [0.4, 0.5) is 0 Å². The molecule has 0 saturated heterocycles. The molecule has 0 spiro atoms.